The first kappa shape index (κ1) is 12.9. The van der Waals surface area contributed by atoms with Crippen LogP contribution >= 0.6 is 0 Å². The average Bonchev–Trinajstić information content (AvgIpc) is 2.30. The predicted octanol–water partition coefficient (Wildman–Crippen LogP) is 1.69. The zero-order valence-electron chi connectivity index (χ0n) is 9.96. The number of hydrogen-bond donors (Lipinski definition) is 2. The summed E-state index contributed by atoms with van der Waals surface area (Å²) in [6.45, 7) is 2.55. The van der Waals surface area contributed by atoms with Gasteiger partial charge in [0.05, 0.1) is 7.11 Å². The Morgan fingerprint density at radius 3 is 2.69 bits per heavy atom. The number of rotatable bonds is 5. The van der Waals surface area contributed by atoms with E-state index in [1.807, 2.05) is 14.0 Å². The van der Waals surface area contributed by atoms with Crippen molar-refractivity contribution in [1.29, 1.82) is 0 Å². The smallest absolute Gasteiger partial charge is 0.123 e. The molecule has 0 aliphatic carbocycles. The molecule has 0 spiro atoms. The van der Waals surface area contributed by atoms with Crippen LogP contribution in [0.2, 0.25) is 0 Å². The van der Waals surface area contributed by atoms with Crippen molar-refractivity contribution in [1.82, 2.24) is 5.32 Å². The third-order valence-corrected chi connectivity index (χ3v) is 2.78. The lowest BCUT2D eigenvalue weighted by Crippen LogP contribution is -2.29. The van der Waals surface area contributed by atoms with Crippen LogP contribution in [0.5, 0.6) is 5.75 Å². The van der Waals surface area contributed by atoms with E-state index in [9.17, 15) is 4.39 Å². The molecule has 0 amide bonds. The molecule has 2 atom stereocenters. The molecule has 2 unspecified atom stereocenters. The Bertz CT molecular complexity index is 344. The van der Waals surface area contributed by atoms with E-state index in [2.05, 4.69) is 5.32 Å². The van der Waals surface area contributed by atoms with Crippen LogP contribution in [0.25, 0.3) is 0 Å². The van der Waals surface area contributed by atoms with E-state index < -0.39 is 0 Å². The molecule has 0 saturated heterocycles. The van der Waals surface area contributed by atoms with Gasteiger partial charge in [-0.2, -0.15) is 0 Å². The van der Waals surface area contributed by atoms with Crippen LogP contribution in [0, 0.1) is 11.7 Å². The van der Waals surface area contributed by atoms with Gasteiger partial charge in [-0.05, 0) is 37.7 Å². The van der Waals surface area contributed by atoms with Crippen molar-refractivity contribution in [2.75, 3.05) is 20.7 Å². The number of methoxy groups -OCH3 is 1. The van der Waals surface area contributed by atoms with Crippen molar-refractivity contribution in [2.24, 2.45) is 11.7 Å². The van der Waals surface area contributed by atoms with Gasteiger partial charge in [-0.1, -0.05) is 6.92 Å². The molecule has 1 aromatic rings. The molecular formula is C12H19FN2O. The molecule has 0 radical (unpaired) electrons. The van der Waals surface area contributed by atoms with Crippen molar-refractivity contribution in [3.63, 3.8) is 0 Å². The van der Waals surface area contributed by atoms with E-state index >= 15 is 0 Å². The molecule has 16 heavy (non-hydrogen) atoms. The summed E-state index contributed by atoms with van der Waals surface area (Å²) in [6.07, 6.45) is 0. The van der Waals surface area contributed by atoms with Crippen molar-refractivity contribution in [3.05, 3.63) is 29.6 Å². The van der Waals surface area contributed by atoms with Crippen molar-refractivity contribution in [2.45, 2.75) is 13.0 Å². The average molecular weight is 226 g/mol. The number of nitrogens with two attached hydrogens (primary N) is 1. The minimum Gasteiger partial charge on any atom is -0.496 e. The fraction of sp³-hybridized carbons (Fsp3) is 0.500. The summed E-state index contributed by atoms with van der Waals surface area (Å²) in [5.74, 6) is 0.627. The molecule has 0 saturated carbocycles. The highest BCUT2D eigenvalue weighted by atomic mass is 19.1. The third-order valence-electron chi connectivity index (χ3n) is 2.78. The van der Waals surface area contributed by atoms with Crippen LogP contribution in [0.4, 0.5) is 4.39 Å². The lowest BCUT2D eigenvalue weighted by atomic mass is 9.94. The summed E-state index contributed by atoms with van der Waals surface area (Å²) in [6, 6.07) is 4.52. The van der Waals surface area contributed by atoms with Gasteiger partial charge in [0.2, 0.25) is 0 Å². The second-order valence-electron chi connectivity index (χ2n) is 3.87. The van der Waals surface area contributed by atoms with E-state index in [0.717, 1.165) is 5.56 Å². The van der Waals surface area contributed by atoms with Crippen molar-refractivity contribution in [3.8, 4) is 5.75 Å². The normalized spacial score (nSPS) is 14.6. The number of ether oxygens (including phenoxy) is 1. The maximum atomic E-state index is 13.2. The third kappa shape index (κ3) is 2.71. The minimum absolute atomic E-state index is 0.00403. The summed E-state index contributed by atoms with van der Waals surface area (Å²) >= 11 is 0. The first-order valence-corrected chi connectivity index (χ1v) is 5.34. The van der Waals surface area contributed by atoms with Gasteiger partial charge < -0.3 is 15.8 Å². The van der Waals surface area contributed by atoms with Gasteiger partial charge in [0.15, 0.2) is 0 Å². The summed E-state index contributed by atoms with van der Waals surface area (Å²) in [7, 11) is 3.41. The van der Waals surface area contributed by atoms with E-state index in [1.165, 1.54) is 12.1 Å². The molecule has 0 aromatic heterocycles. The molecule has 0 aliphatic heterocycles. The van der Waals surface area contributed by atoms with Gasteiger partial charge in [-0.25, -0.2) is 4.39 Å². The van der Waals surface area contributed by atoms with Gasteiger partial charge in [0, 0.05) is 11.6 Å². The highest BCUT2D eigenvalue weighted by Gasteiger charge is 2.20. The van der Waals surface area contributed by atoms with Crippen LogP contribution in [0.3, 0.4) is 0 Å². The minimum atomic E-state index is -0.264. The lowest BCUT2D eigenvalue weighted by Gasteiger charge is -2.24. The van der Waals surface area contributed by atoms with E-state index in [-0.39, 0.29) is 17.8 Å². The van der Waals surface area contributed by atoms with E-state index in [4.69, 9.17) is 10.5 Å². The summed E-state index contributed by atoms with van der Waals surface area (Å²) < 4.78 is 18.5. The Morgan fingerprint density at radius 2 is 2.19 bits per heavy atom. The molecule has 1 rings (SSSR count). The molecule has 3 N–H and O–H groups in total. The van der Waals surface area contributed by atoms with Gasteiger partial charge in [-0.15, -0.1) is 0 Å². The molecule has 0 bridgehead atoms. The molecule has 4 heteroatoms. The zero-order chi connectivity index (χ0) is 12.1. The molecule has 3 nitrogen and oxygen atoms in total. The Morgan fingerprint density at radius 1 is 1.50 bits per heavy atom. The maximum absolute atomic E-state index is 13.2. The largest absolute Gasteiger partial charge is 0.496 e. The second kappa shape index (κ2) is 5.82. The fourth-order valence-electron chi connectivity index (χ4n) is 1.83. The molecule has 0 heterocycles. The highest BCUT2D eigenvalue weighted by molar-refractivity contribution is 5.36. The second-order valence-corrected chi connectivity index (χ2v) is 3.87. The quantitative estimate of drug-likeness (QED) is 0.803. The first-order chi connectivity index (χ1) is 7.63. The highest BCUT2D eigenvalue weighted by Crippen LogP contribution is 2.30. The van der Waals surface area contributed by atoms with Gasteiger partial charge in [-0.3, -0.25) is 0 Å². The van der Waals surface area contributed by atoms with Gasteiger partial charge in [0.25, 0.3) is 0 Å². The Balaban J connectivity index is 3.11. The van der Waals surface area contributed by atoms with Crippen LogP contribution < -0.4 is 15.8 Å². The zero-order valence-corrected chi connectivity index (χ0v) is 9.96. The molecule has 0 fully saturated rings. The Labute approximate surface area is 95.8 Å². The predicted molar refractivity (Wildman–Crippen MR) is 63.0 cm³/mol. The lowest BCUT2D eigenvalue weighted by molar-refractivity contribution is 0.372. The van der Waals surface area contributed by atoms with Crippen molar-refractivity contribution >= 4 is 0 Å². The number of benzene rings is 1. The Kier molecular flexibility index (Phi) is 4.71. The monoisotopic (exact) mass is 226 g/mol. The number of nitrogens with one attached hydrogen (secondary N) is 1. The molecular weight excluding hydrogens is 207 g/mol. The van der Waals surface area contributed by atoms with Crippen LogP contribution in [0.15, 0.2) is 18.2 Å². The molecule has 90 valence electrons. The molecule has 1 aromatic carbocycles. The van der Waals surface area contributed by atoms with Crippen LogP contribution in [0.1, 0.15) is 18.5 Å². The number of hydrogen-bond acceptors (Lipinski definition) is 3. The summed E-state index contributed by atoms with van der Waals surface area (Å²) in [5.41, 5.74) is 6.45. The maximum Gasteiger partial charge on any atom is 0.123 e. The SMILES string of the molecule is CNC(c1cc(F)ccc1OC)C(C)CN. The van der Waals surface area contributed by atoms with Crippen LogP contribution in [-0.4, -0.2) is 20.7 Å². The first-order valence-electron chi connectivity index (χ1n) is 5.34. The molecule has 0 aliphatic rings. The van der Waals surface area contributed by atoms with Gasteiger partial charge in [0.1, 0.15) is 11.6 Å². The standard InChI is InChI=1S/C12H19FN2O/c1-8(7-14)12(15-2)10-6-9(13)4-5-11(10)16-3/h4-6,8,12,15H,7,14H2,1-3H3. The number of halogens is 1. The van der Waals surface area contributed by atoms with E-state index in [0.29, 0.717) is 12.3 Å². The van der Waals surface area contributed by atoms with Crippen LogP contribution in [-0.2, 0) is 0 Å². The summed E-state index contributed by atoms with van der Waals surface area (Å²) in [5, 5.41) is 3.14. The topological polar surface area (TPSA) is 47.3 Å². The summed E-state index contributed by atoms with van der Waals surface area (Å²) in [4.78, 5) is 0. The fourth-order valence-corrected chi connectivity index (χ4v) is 1.83. The van der Waals surface area contributed by atoms with Crippen molar-refractivity contribution < 1.29 is 9.13 Å². The Hall–Kier alpha value is -1.13. The van der Waals surface area contributed by atoms with E-state index in [1.54, 1.807) is 13.2 Å². The van der Waals surface area contributed by atoms with Gasteiger partial charge >= 0.3 is 0 Å².